The number of hydrogen-bond acceptors (Lipinski definition) is 4. The average Bonchev–Trinajstić information content (AvgIpc) is 1.78. The molecule has 0 saturated heterocycles. The standard InChI is InChI=1S/C6H5F3N2O2/c7-6(8,9)2-3-1-4(12)11-5(13)10-3/h1H,2H2,(H2,10,11,12,13). The van der Waals surface area contributed by atoms with Crippen LogP contribution in [-0.2, 0) is 6.42 Å². The van der Waals surface area contributed by atoms with E-state index in [4.69, 9.17) is 10.2 Å². The first-order valence-electron chi connectivity index (χ1n) is 3.19. The topological polar surface area (TPSA) is 66.2 Å². The Morgan fingerprint density at radius 3 is 2.31 bits per heavy atom. The molecule has 0 radical (unpaired) electrons. The van der Waals surface area contributed by atoms with Gasteiger partial charge in [-0.2, -0.15) is 23.1 Å². The number of aromatic nitrogens is 2. The highest BCUT2D eigenvalue weighted by atomic mass is 19.4. The lowest BCUT2D eigenvalue weighted by Crippen LogP contribution is -2.12. The Kier molecular flexibility index (Phi) is 2.26. The molecule has 4 nitrogen and oxygen atoms in total. The Labute approximate surface area is 70.7 Å². The molecule has 1 rings (SSSR count). The van der Waals surface area contributed by atoms with Crippen molar-refractivity contribution in [1.29, 1.82) is 0 Å². The number of halogens is 3. The third kappa shape index (κ3) is 3.14. The molecule has 2 N–H and O–H groups in total. The van der Waals surface area contributed by atoms with Gasteiger partial charge < -0.3 is 10.2 Å². The minimum atomic E-state index is -4.42. The van der Waals surface area contributed by atoms with Crippen molar-refractivity contribution in [2.75, 3.05) is 0 Å². The Morgan fingerprint density at radius 1 is 1.23 bits per heavy atom. The maximum atomic E-state index is 11.8. The van der Waals surface area contributed by atoms with Crippen molar-refractivity contribution in [3.05, 3.63) is 11.8 Å². The van der Waals surface area contributed by atoms with Crippen LogP contribution in [0.4, 0.5) is 13.2 Å². The molecule has 1 aromatic heterocycles. The molecule has 0 amide bonds. The van der Waals surface area contributed by atoms with E-state index in [1.54, 1.807) is 0 Å². The van der Waals surface area contributed by atoms with Crippen LogP contribution in [0.25, 0.3) is 0 Å². The molecular formula is C6H5F3N2O2. The summed E-state index contributed by atoms with van der Waals surface area (Å²) < 4.78 is 35.3. The Bertz CT molecular complexity index is 293. The second-order valence-corrected chi connectivity index (χ2v) is 2.31. The lowest BCUT2D eigenvalue weighted by molar-refractivity contribution is -0.127. The molecule has 0 aliphatic rings. The fourth-order valence-electron chi connectivity index (χ4n) is 0.765. The molecule has 0 atom stereocenters. The van der Waals surface area contributed by atoms with Crippen molar-refractivity contribution in [3.8, 4) is 11.9 Å². The van der Waals surface area contributed by atoms with Crippen molar-refractivity contribution >= 4 is 0 Å². The Hall–Kier alpha value is -1.53. The zero-order valence-electron chi connectivity index (χ0n) is 6.21. The van der Waals surface area contributed by atoms with Crippen molar-refractivity contribution in [2.45, 2.75) is 12.6 Å². The summed E-state index contributed by atoms with van der Waals surface area (Å²) in [6, 6.07) is -0.132. The lowest BCUT2D eigenvalue weighted by atomic mass is 10.3. The van der Waals surface area contributed by atoms with Crippen molar-refractivity contribution in [1.82, 2.24) is 9.97 Å². The summed E-state index contributed by atoms with van der Waals surface area (Å²) in [5.74, 6) is -0.688. The minimum absolute atomic E-state index is 0.475. The molecule has 0 aromatic carbocycles. The van der Waals surface area contributed by atoms with E-state index >= 15 is 0 Å². The maximum Gasteiger partial charge on any atom is 0.394 e. The number of alkyl halides is 3. The van der Waals surface area contributed by atoms with E-state index in [0.717, 1.165) is 6.07 Å². The van der Waals surface area contributed by atoms with Crippen LogP contribution in [0.15, 0.2) is 6.07 Å². The largest absolute Gasteiger partial charge is 0.493 e. The van der Waals surface area contributed by atoms with Crippen LogP contribution in [0.1, 0.15) is 5.69 Å². The average molecular weight is 194 g/mol. The maximum absolute atomic E-state index is 11.8. The number of nitrogens with zero attached hydrogens (tertiary/aromatic N) is 2. The number of hydrogen-bond donors (Lipinski definition) is 2. The Morgan fingerprint density at radius 2 is 1.85 bits per heavy atom. The van der Waals surface area contributed by atoms with Gasteiger partial charge in [-0.25, -0.2) is 0 Å². The third-order valence-corrected chi connectivity index (χ3v) is 1.14. The van der Waals surface area contributed by atoms with E-state index in [0.29, 0.717) is 0 Å². The van der Waals surface area contributed by atoms with Gasteiger partial charge in [0.25, 0.3) is 0 Å². The molecule has 13 heavy (non-hydrogen) atoms. The van der Waals surface area contributed by atoms with E-state index in [9.17, 15) is 13.2 Å². The van der Waals surface area contributed by atoms with E-state index in [1.807, 2.05) is 0 Å². The summed E-state index contributed by atoms with van der Waals surface area (Å²) in [6.45, 7) is 0. The van der Waals surface area contributed by atoms with Gasteiger partial charge in [0.05, 0.1) is 12.1 Å². The smallest absolute Gasteiger partial charge is 0.394 e. The summed E-state index contributed by atoms with van der Waals surface area (Å²) >= 11 is 0. The predicted octanol–water partition coefficient (Wildman–Crippen LogP) is 0.993. The van der Waals surface area contributed by atoms with Gasteiger partial charge in [-0.15, -0.1) is 0 Å². The summed E-state index contributed by atoms with van der Waals surface area (Å²) in [5, 5.41) is 17.4. The van der Waals surface area contributed by atoms with Crippen LogP contribution in [0, 0.1) is 0 Å². The molecular weight excluding hydrogens is 189 g/mol. The molecule has 0 aliphatic heterocycles. The van der Waals surface area contributed by atoms with Gasteiger partial charge in [0.1, 0.15) is 0 Å². The van der Waals surface area contributed by atoms with E-state index < -0.39 is 30.2 Å². The number of rotatable bonds is 1. The quantitative estimate of drug-likeness (QED) is 0.699. The molecule has 0 aliphatic carbocycles. The first-order chi connectivity index (χ1) is 5.87. The van der Waals surface area contributed by atoms with Crippen molar-refractivity contribution in [3.63, 3.8) is 0 Å². The van der Waals surface area contributed by atoms with Crippen LogP contribution in [-0.4, -0.2) is 26.4 Å². The van der Waals surface area contributed by atoms with Gasteiger partial charge in [-0.1, -0.05) is 0 Å². The van der Waals surface area contributed by atoms with Gasteiger partial charge >= 0.3 is 12.2 Å². The van der Waals surface area contributed by atoms with E-state index in [1.165, 1.54) is 0 Å². The highest BCUT2D eigenvalue weighted by molar-refractivity contribution is 5.17. The van der Waals surface area contributed by atoms with Gasteiger partial charge in [0, 0.05) is 6.07 Å². The molecule has 0 saturated carbocycles. The molecule has 1 aromatic rings. The van der Waals surface area contributed by atoms with Crippen molar-refractivity contribution < 1.29 is 23.4 Å². The highest BCUT2D eigenvalue weighted by Gasteiger charge is 2.29. The lowest BCUT2D eigenvalue weighted by Gasteiger charge is -2.05. The zero-order chi connectivity index (χ0) is 10.1. The van der Waals surface area contributed by atoms with E-state index in [2.05, 4.69) is 9.97 Å². The highest BCUT2D eigenvalue weighted by Crippen LogP contribution is 2.22. The molecule has 0 bridgehead atoms. The number of aromatic hydroxyl groups is 2. The SMILES string of the molecule is Oc1cc(CC(F)(F)F)nc(O)n1. The molecule has 1 heterocycles. The summed E-state index contributed by atoms with van der Waals surface area (Å²) in [6.07, 6.45) is -5.73. The Balaban J connectivity index is 2.90. The fourth-order valence-corrected chi connectivity index (χ4v) is 0.765. The normalized spacial score (nSPS) is 11.6. The monoisotopic (exact) mass is 194 g/mol. The van der Waals surface area contributed by atoms with Crippen LogP contribution >= 0.6 is 0 Å². The van der Waals surface area contributed by atoms with Crippen LogP contribution in [0.3, 0.4) is 0 Å². The molecule has 0 spiro atoms. The molecule has 0 unspecified atom stereocenters. The van der Waals surface area contributed by atoms with E-state index in [-0.39, 0.29) is 0 Å². The summed E-state index contributed by atoms with van der Waals surface area (Å²) in [4.78, 5) is 6.08. The second-order valence-electron chi connectivity index (χ2n) is 2.31. The second kappa shape index (κ2) is 3.08. The third-order valence-electron chi connectivity index (χ3n) is 1.14. The zero-order valence-corrected chi connectivity index (χ0v) is 6.21. The van der Waals surface area contributed by atoms with Crippen molar-refractivity contribution in [2.24, 2.45) is 0 Å². The first kappa shape index (κ1) is 9.56. The summed E-state index contributed by atoms with van der Waals surface area (Å²) in [5.41, 5.74) is -0.475. The molecule has 0 fully saturated rings. The first-order valence-corrected chi connectivity index (χ1v) is 3.19. The van der Waals surface area contributed by atoms with Gasteiger partial charge in [-0.3, -0.25) is 0 Å². The van der Waals surface area contributed by atoms with Crippen LogP contribution in [0.2, 0.25) is 0 Å². The fraction of sp³-hybridized carbons (Fsp3) is 0.333. The molecule has 72 valence electrons. The van der Waals surface area contributed by atoms with Gasteiger partial charge in [0.2, 0.25) is 5.88 Å². The van der Waals surface area contributed by atoms with Gasteiger partial charge in [-0.05, 0) is 0 Å². The van der Waals surface area contributed by atoms with Crippen LogP contribution in [0.5, 0.6) is 11.9 Å². The predicted molar refractivity (Wildman–Crippen MR) is 35.1 cm³/mol. The van der Waals surface area contributed by atoms with Crippen LogP contribution < -0.4 is 0 Å². The summed E-state index contributed by atoms with van der Waals surface area (Å²) in [7, 11) is 0. The van der Waals surface area contributed by atoms with Gasteiger partial charge in [0.15, 0.2) is 0 Å². The minimum Gasteiger partial charge on any atom is -0.493 e. The molecule has 7 heteroatoms.